The molecule has 11 nitrogen and oxygen atoms in total. The first-order chi connectivity index (χ1) is 20.1. The van der Waals surface area contributed by atoms with E-state index < -0.39 is 16.8 Å². The van der Waals surface area contributed by atoms with Crippen LogP contribution in [0.5, 0.6) is 0 Å². The molecule has 2 aliphatic rings. The van der Waals surface area contributed by atoms with Crippen molar-refractivity contribution in [2.24, 2.45) is 0 Å². The molecule has 0 spiro atoms. The first kappa shape index (κ1) is 27.0. The van der Waals surface area contributed by atoms with Gasteiger partial charge in [0.25, 0.3) is 22.7 Å². The minimum absolute atomic E-state index is 0.0447. The highest BCUT2D eigenvalue weighted by Gasteiger charge is 2.31. The number of carbonyl (C=O) groups is 3. The number of nitrogens with zero attached hydrogens (tertiary/aromatic N) is 3. The first-order valence-corrected chi connectivity index (χ1v) is 13.6. The van der Waals surface area contributed by atoms with Crippen molar-refractivity contribution in [3.8, 4) is 0 Å². The van der Waals surface area contributed by atoms with Crippen LogP contribution in [0.25, 0.3) is 0 Å². The van der Waals surface area contributed by atoms with E-state index in [0.29, 0.717) is 16.7 Å². The predicted octanol–water partition coefficient (Wildman–Crippen LogP) is 1.82. The molecule has 42 heavy (non-hydrogen) atoms. The number of anilines is 2. The van der Waals surface area contributed by atoms with Gasteiger partial charge in [-0.05, 0) is 60.1 Å². The Kier molecular flexibility index (Phi) is 6.64. The van der Waals surface area contributed by atoms with E-state index in [4.69, 9.17) is 5.73 Å². The Hall–Kier alpha value is -5.19. The molecule has 1 atom stereocenters. The number of aryl methyl sites for hydroxylation is 1. The zero-order valence-corrected chi connectivity index (χ0v) is 23.1. The number of hydrogen-bond donors (Lipinski definition) is 3. The third-order valence-electron chi connectivity index (χ3n) is 8.26. The van der Waals surface area contributed by atoms with Crippen molar-refractivity contribution in [1.82, 2.24) is 20.6 Å². The average molecular weight is 565 g/mol. The van der Waals surface area contributed by atoms with E-state index in [1.165, 1.54) is 34.0 Å². The van der Waals surface area contributed by atoms with Crippen molar-refractivity contribution in [3.63, 3.8) is 0 Å². The molecule has 1 aliphatic carbocycles. The molecule has 0 unspecified atom stereocenters. The van der Waals surface area contributed by atoms with E-state index in [0.717, 1.165) is 18.4 Å². The highest BCUT2D eigenvalue weighted by molar-refractivity contribution is 6.02. The lowest BCUT2D eigenvalue weighted by Crippen LogP contribution is -2.46. The topological polar surface area (TPSA) is 164 Å². The van der Waals surface area contributed by atoms with Gasteiger partial charge in [0.1, 0.15) is 29.1 Å². The maximum absolute atomic E-state index is 13.0. The highest BCUT2D eigenvalue weighted by atomic mass is 16.2. The molecule has 0 radical (unpaired) electrons. The smallest absolute Gasteiger partial charge is 0.270 e. The van der Waals surface area contributed by atoms with Crippen LogP contribution in [0.15, 0.2) is 52.3 Å². The Bertz CT molecular complexity index is 1870. The Morgan fingerprint density at radius 3 is 2.50 bits per heavy atom. The Labute approximate surface area is 240 Å². The number of carbonyl (C=O) groups excluding carboxylic acids is 3. The molecule has 4 aromatic rings. The van der Waals surface area contributed by atoms with Crippen LogP contribution in [-0.4, -0.2) is 34.1 Å². The van der Waals surface area contributed by atoms with E-state index in [-0.39, 0.29) is 60.1 Å². The number of fused-ring (bicyclic) bond motifs is 2. The molecule has 0 fully saturated rings. The van der Waals surface area contributed by atoms with E-state index in [2.05, 4.69) is 46.6 Å². The van der Waals surface area contributed by atoms with Crippen LogP contribution in [-0.2, 0) is 19.5 Å². The van der Waals surface area contributed by atoms with Crippen LogP contribution in [0.4, 0.5) is 11.4 Å². The van der Waals surface area contributed by atoms with Crippen molar-refractivity contribution in [1.29, 1.82) is 0 Å². The molecule has 2 heterocycles. The van der Waals surface area contributed by atoms with E-state index in [1.807, 2.05) is 0 Å². The predicted molar refractivity (Wildman–Crippen MR) is 155 cm³/mol. The van der Waals surface area contributed by atoms with Gasteiger partial charge in [0.2, 0.25) is 0 Å². The number of benzene rings is 2. The van der Waals surface area contributed by atoms with Gasteiger partial charge in [-0.15, -0.1) is 0 Å². The molecule has 11 heteroatoms. The van der Waals surface area contributed by atoms with Crippen molar-refractivity contribution < 1.29 is 14.4 Å². The quantitative estimate of drug-likeness (QED) is 0.296. The van der Waals surface area contributed by atoms with Gasteiger partial charge in [-0.2, -0.15) is 0 Å². The van der Waals surface area contributed by atoms with Crippen LogP contribution in [0.3, 0.4) is 0 Å². The molecule has 4 N–H and O–H groups in total. The van der Waals surface area contributed by atoms with Crippen molar-refractivity contribution in [3.05, 3.63) is 114 Å². The van der Waals surface area contributed by atoms with Gasteiger partial charge in [-0.3, -0.25) is 24.0 Å². The fraction of sp³-hybridized carbons (Fsp3) is 0.258. The summed E-state index contributed by atoms with van der Waals surface area (Å²) in [6.07, 6.45) is 2.88. The molecule has 3 aromatic carbocycles. The van der Waals surface area contributed by atoms with Gasteiger partial charge < -0.3 is 21.3 Å². The number of Topliss-reactive ketones (excluding diaryl/α,β-unsaturated/α-hetero) is 1. The summed E-state index contributed by atoms with van der Waals surface area (Å²) in [5.74, 6) is -1.07. The van der Waals surface area contributed by atoms with Crippen molar-refractivity contribution in [2.75, 3.05) is 17.2 Å². The van der Waals surface area contributed by atoms with Crippen LogP contribution >= 0.6 is 0 Å². The summed E-state index contributed by atoms with van der Waals surface area (Å²) in [5.41, 5.74) is 11.1. The zero-order chi connectivity index (χ0) is 29.7. The minimum Gasteiger partial charge on any atom is -0.394 e. The minimum atomic E-state index is -0.737. The van der Waals surface area contributed by atoms with E-state index in [9.17, 15) is 24.0 Å². The molecule has 6 rings (SSSR count). The normalized spacial score (nSPS) is 15.8. The Morgan fingerprint density at radius 2 is 1.74 bits per heavy atom. The summed E-state index contributed by atoms with van der Waals surface area (Å²) in [6.45, 7) is 4.49. The van der Waals surface area contributed by atoms with Gasteiger partial charge in [-0.1, -0.05) is 30.3 Å². The number of nitrogens with two attached hydrogens (primary N) is 1. The maximum Gasteiger partial charge on any atom is 0.270 e. The molecule has 1 aliphatic heterocycles. The van der Waals surface area contributed by atoms with Crippen LogP contribution in [0.1, 0.15) is 77.2 Å². The molecule has 0 bridgehead atoms. The second kappa shape index (κ2) is 10.3. The Morgan fingerprint density at radius 1 is 0.976 bits per heavy atom. The van der Waals surface area contributed by atoms with Crippen molar-refractivity contribution in [2.45, 2.75) is 45.8 Å². The average Bonchev–Trinajstić information content (AvgIpc) is 3.40. The number of amides is 2. The van der Waals surface area contributed by atoms with E-state index >= 15 is 0 Å². The number of hydrogen-bond acceptors (Lipinski definition) is 9. The highest BCUT2D eigenvalue weighted by Crippen LogP contribution is 2.34. The second-order valence-electron chi connectivity index (χ2n) is 10.8. The number of aromatic nitrogens is 2. The van der Waals surface area contributed by atoms with Crippen molar-refractivity contribution >= 4 is 29.0 Å². The van der Waals surface area contributed by atoms with Gasteiger partial charge in [0.05, 0.1) is 12.6 Å². The van der Waals surface area contributed by atoms with Gasteiger partial charge in [0.15, 0.2) is 5.78 Å². The third kappa shape index (κ3) is 4.62. The molecule has 1 aromatic heterocycles. The van der Waals surface area contributed by atoms with Crippen LogP contribution in [0.2, 0.25) is 0 Å². The summed E-state index contributed by atoms with van der Waals surface area (Å²) in [5, 5.41) is 5.82. The summed E-state index contributed by atoms with van der Waals surface area (Å²) in [6, 6.07) is 10.5. The largest absolute Gasteiger partial charge is 0.394 e. The Balaban J connectivity index is 1.11. The maximum atomic E-state index is 13.0. The van der Waals surface area contributed by atoms with Gasteiger partial charge in [-0.25, -0.2) is 9.97 Å². The fourth-order valence-corrected chi connectivity index (χ4v) is 5.81. The molecule has 0 saturated carbocycles. The summed E-state index contributed by atoms with van der Waals surface area (Å²) in [7, 11) is 0. The monoisotopic (exact) mass is 564 g/mol. The third-order valence-corrected chi connectivity index (χ3v) is 8.26. The number of ketones is 1. The molecule has 212 valence electrons. The standard InChI is InChI=1S/C31H28N6O5/c1-15-3-5-21-19(16(15)2)7-8-22(21)36-31(42)24-10-23(34-14-35-24)30(41)33-11-17-4-6-20-18(9-17)12-37(13-25(20)38)27-26(32)28(39)29(27)40/h3-6,9-10,14,22H,7-8,11-13,32H2,1-2H3,(H,33,41)(H,36,42)/t22-/m0/s1. The second-order valence-corrected chi connectivity index (χ2v) is 10.8. The summed E-state index contributed by atoms with van der Waals surface area (Å²) < 4.78 is 0. The first-order valence-electron chi connectivity index (χ1n) is 13.6. The summed E-state index contributed by atoms with van der Waals surface area (Å²) in [4.78, 5) is 71.7. The lowest BCUT2D eigenvalue weighted by Gasteiger charge is -2.31. The lowest BCUT2D eigenvalue weighted by molar-refractivity contribution is 0.0930. The fourth-order valence-electron chi connectivity index (χ4n) is 5.81. The van der Waals surface area contributed by atoms with Crippen LogP contribution in [0, 0.1) is 13.8 Å². The lowest BCUT2D eigenvalue weighted by atomic mass is 9.95. The molecular weight excluding hydrogens is 536 g/mol. The molecule has 2 amide bonds. The summed E-state index contributed by atoms with van der Waals surface area (Å²) >= 11 is 0. The van der Waals surface area contributed by atoms with E-state index in [1.54, 1.807) is 18.2 Å². The number of nitrogens with one attached hydrogen (secondary N) is 2. The van der Waals surface area contributed by atoms with Gasteiger partial charge >= 0.3 is 0 Å². The number of nitrogen functional groups attached to an aromatic ring is 1. The zero-order valence-electron chi connectivity index (χ0n) is 23.1. The van der Waals surface area contributed by atoms with Gasteiger partial charge in [0, 0.05) is 24.7 Å². The van der Waals surface area contributed by atoms with Crippen LogP contribution < -0.4 is 32.1 Å². The SMILES string of the molecule is Cc1ccc2c(c1C)CC[C@@H]2NC(=O)c1cc(C(=O)NCc2ccc3c(c2)CN(c2c(N)c(=O)c2=O)CC3=O)ncn1. The number of rotatable bonds is 6. The molecular formula is C31H28N6O5. The molecule has 0 saturated heterocycles.